The van der Waals surface area contributed by atoms with Gasteiger partial charge in [-0.1, -0.05) is 0 Å². The number of rotatable bonds is 7. The molecule has 2 N–H and O–H groups in total. The molecule has 7 nitrogen and oxygen atoms in total. The van der Waals surface area contributed by atoms with Crippen molar-refractivity contribution in [1.82, 2.24) is 19.5 Å². The minimum Gasteiger partial charge on any atom is -0.376 e. The van der Waals surface area contributed by atoms with Crippen molar-refractivity contribution in [3.8, 4) is 0 Å². The van der Waals surface area contributed by atoms with Crippen molar-refractivity contribution in [2.24, 2.45) is 5.92 Å². The van der Waals surface area contributed by atoms with Crippen molar-refractivity contribution in [2.45, 2.75) is 32.7 Å². The second-order valence-electron chi connectivity index (χ2n) is 7.88. The molecule has 1 aromatic heterocycles. The normalized spacial score (nSPS) is 23.2. The van der Waals surface area contributed by atoms with Gasteiger partial charge in [-0.3, -0.25) is 9.59 Å². The van der Waals surface area contributed by atoms with Crippen molar-refractivity contribution in [1.29, 1.82) is 0 Å². The first kappa shape index (κ1) is 20.1. The van der Waals surface area contributed by atoms with Crippen molar-refractivity contribution >= 4 is 39.1 Å². The molecule has 2 bridgehead atoms. The minimum atomic E-state index is -0.0765. The summed E-state index contributed by atoms with van der Waals surface area (Å²) in [5.74, 6) is 0.595. The van der Waals surface area contributed by atoms with E-state index in [9.17, 15) is 9.59 Å². The highest BCUT2D eigenvalue weighted by molar-refractivity contribution is 7.13. The number of hydrogen-bond acceptors (Lipinski definition) is 6. The maximum Gasteiger partial charge on any atom is 0.271 e. The molecule has 0 aliphatic carbocycles. The van der Waals surface area contributed by atoms with E-state index in [1.807, 2.05) is 32.0 Å². The number of nitrogens with one attached hydrogen (secondary N) is 2. The van der Waals surface area contributed by atoms with Crippen LogP contribution in [0, 0.1) is 5.92 Å². The van der Waals surface area contributed by atoms with E-state index in [1.165, 1.54) is 24.4 Å². The molecule has 3 aliphatic rings. The first-order valence-electron chi connectivity index (χ1n) is 10.5. The molecule has 0 radical (unpaired) electrons. The van der Waals surface area contributed by atoms with Crippen LogP contribution in [0.25, 0.3) is 10.1 Å². The molecule has 0 saturated carbocycles. The Morgan fingerprint density at radius 2 is 2.00 bits per heavy atom. The summed E-state index contributed by atoms with van der Waals surface area (Å²) in [5, 5.41) is 7.28. The lowest BCUT2D eigenvalue weighted by atomic mass is 9.84. The van der Waals surface area contributed by atoms with Crippen LogP contribution in [0.4, 0.5) is 5.69 Å². The van der Waals surface area contributed by atoms with E-state index in [4.69, 9.17) is 0 Å². The Labute approximate surface area is 175 Å². The lowest BCUT2D eigenvalue weighted by Gasteiger charge is -2.44. The molecule has 29 heavy (non-hydrogen) atoms. The molecule has 2 aromatic rings. The lowest BCUT2D eigenvalue weighted by Crippen LogP contribution is -2.57. The summed E-state index contributed by atoms with van der Waals surface area (Å²) < 4.78 is 5.38. The molecular weight excluding hydrogens is 386 g/mol. The van der Waals surface area contributed by atoms with E-state index in [0.29, 0.717) is 24.7 Å². The predicted molar refractivity (Wildman–Crippen MR) is 116 cm³/mol. The van der Waals surface area contributed by atoms with Gasteiger partial charge < -0.3 is 20.4 Å². The SMILES string of the molecule is CCN(CC)C(=O)CNc1ccc2c(C(=O)N[C@@H]3CN4CCC3CC4)nsc2c1. The predicted octanol–water partition coefficient (Wildman–Crippen LogP) is 2.40. The van der Waals surface area contributed by atoms with Crippen molar-refractivity contribution in [3.63, 3.8) is 0 Å². The van der Waals surface area contributed by atoms with Gasteiger partial charge in [0.1, 0.15) is 5.69 Å². The number of amides is 2. The van der Waals surface area contributed by atoms with Gasteiger partial charge in [0.2, 0.25) is 5.91 Å². The Balaban J connectivity index is 1.41. The van der Waals surface area contributed by atoms with Crippen molar-refractivity contribution in [2.75, 3.05) is 44.6 Å². The number of anilines is 1. The summed E-state index contributed by atoms with van der Waals surface area (Å²) in [4.78, 5) is 29.3. The number of carbonyl (C=O) groups is 2. The zero-order valence-corrected chi connectivity index (χ0v) is 17.9. The van der Waals surface area contributed by atoms with Gasteiger partial charge in [0.25, 0.3) is 5.91 Å². The van der Waals surface area contributed by atoms with Gasteiger partial charge in [-0.05, 0) is 75.4 Å². The quantitative estimate of drug-likeness (QED) is 0.726. The Hall–Kier alpha value is -2.19. The van der Waals surface area contributed by atoms with Gasteiger partial charge in [0.05, 0.1) is 11.2 Å². The Kier molecular flexibility index (Phi) is 6.01. The van der Waals surface area contributed by atoms with E-state index in [1.54, 1.807) is 4.90 Å². The molecule has 4 heterocycles. The first-order chi connectivity index (χ1) is 14.1. The Bertz CT molecular complexity index is 886. The molecule has 3 saturated heterocycles. The second kappa shape index (κ2) is 8.67. The van der Waals surface area contributed by atoms with Crippen molar-refractivity contribution in [3.05, 3.63) is 23.9 Å². The molecule has 0 spiro atoms. The molecule has 1 aromatic carbocycles. The summed E-state index contributed by atoms with van der Waals surface area (Å²) in [7, 11) is 0. The molecule has 1 atom stereocenters. The number of aromatic nitrogens is 1. The molecule has 3 fully saturated rings. The molecule has 0 unspecified atom stereocenters. The third-order valence-electron chi connectivity index (χ3n) is 6.22. The summed E-state index contributed by atoms with van der Waals surface area (Å²) >= 11 is 1.33. The van der Waals surface area contributed by atoms with Crippen LogP contribution in [-0.2, 0) is 4.79 Å². The average Bonchev–Trinajstić information content (AvgIpc) is 3.17. The molecular formula is C21H29N5O2S. The van der Waals surface area contributed by atoms with Gasteiger partial charge in [-0.15, -0.1) is 0 Å². The summed E-state index contributed by atoms with van der Waals surface area (Å²) in [6.07, 6.45) is 2.34. The second-order valence-corrected chi connectivity index (χ2v) is 8.68. The van der Waals surface area contributed by atoms with Gasteiger partial charge in [-0.2, -0.15) is 4.37 Å². The molecule has 5 rings (SSSR count). The van der Waals surface area contributed by atoms with Crippen LogP contribution in [0.2, 0.25) is 0 Å². The molecule has 8 heteroatoms. The summed E-state index contributed by atoms with van der Waals surface area (Å²) in [6.45, 7) is 8.91. The van der Waals surface area contributed by atoms with E-state index < -0.39 is 0 Å². The third kappa shape index (κ3) is 4.23. The van der Waals surface area contributed by atoms with Crippen LogP contribution in [-0.4, -0.2) is 71.3 Å². The maximum absolute atomic E-state index is 12.9. The average molecular weight is 416 g/mol. The maximum atomic E-state index is 12.9. The first-order valence-corrected chi connectivity index (χ1v) is 11.3. The van der Waals surface area contributed by atoms with E-state index in [2.05, 4.69) is 19.9 Å². The van der Waals surface area contributed by atoms with E-state index in [0.717, 1.165) is 35.4 Å². The third-order valence-corrected chi connectivity index (χ3v) is 7.03. The van der Waals surface area contributed by atoms with Crippen LogP contribution in [0.1, 0.15) is 37.2 Å². The summed E-state index contributed by atoms with van der Waals surface area (Å²) in [6, 6.07) is 6.04. The minimum absolute atomic E-state index is 0.0765. The molecule has 3 aliphatic heterocycles. The number of nitrogens with zero attached hydrogens (tertiary/aromatic N) is 3. The van der Waals surface area contributed by atoms with Gasteiger partial charge in [0.15, 0.2) is 0 Å². The monoisotopic (exact) mass is 415 g/mol. The zero-order chi connectivity index (χ0) is 20.4. The smallest absolute Gasteiger partial charge is 0.271 e. The fourth-order valence-corrected chi connectivity index (χ4v) is 5.26. The highest BCUT2D eigenvalue weighted by Crippen LogP contribution is 2.29. The Morgan fingerprint density at radius 3 is 2.66 bits per heavy atom. The van der Waals surface area contributed by atoms with Gasteiger partial charge in [0, 0.05) is 36.7 Å². The van der Waals surface area contributed by atoms with E-state index in [-0.39, 0.29) is 24.4 Å². The number of benzene rings is 1. The van der Waals surface area contributed by atoms with Crippen LogP contribution in [0.15, 0.2) is 18.2 Å². The van der Waals surface area contributed by atoms with Crippen LogP contribution in [0.5, 0.6) is 0 Å². The largest absolute Gasteiger partial charge is 0.376 e. The van der Waals surface area contributed by atoms with E-state index >= 15 is 0 Å². The van der Waals surface area contributed by atoms with Crippen molar-refractivity contribution < 1.29 is 9.59 Å². The van der Waals surface area contributed by atoms with Crippen LogP contribution >= 0.6 is 11.5 Å². The number of fused-ring (bicyclic) bond motifs is 4. The highest BCUT2D eigenvalue weighted by atomic mass is 32.1. The number of piperidine rings is 3. The number of likely N-dealkylation sites (N-methyl/N-ethyl adjacent to an activating group) is 1. The van der Waals surface area contributed by atoms with Gasteiger partial charge in [-0.25, -0.2) is 0 Å². The fourth-order valence-electron chi connectivity index (χ4n) is 4.44. The number of hydrogen-bond donors (Lipinski definition) is 2. The topological polar surface area (TPSA) is 77.6 Å². The fraction of sp³-hybridized carbons (Fsp3) is 0.571. The lowest BCUT2D eigenvalue weighted by molar-refractivity contribution is -0.128. The molecule has 2 amide bonds. The number of carbonyl (C=O) groups excluding carboxylic acids is 2. The van der Waals surface area contributed by atoms with Crippen LogP contribution < -0.4 is 10.6 Å². The highest BCUT2D eigenvalue weighted by Gasteiger charge is 2.35. The van der Waals surface area contributed by atoms with Gasteiger partial charge >= 0.3 is 0 Å². The Morgan fingerprint density at radius 1 is 1.24 bits per heavy atom. The standard InChI is InChI=1S/C21H29N5O2S/c1-3-26(4-2)19(27)12-22-15-5-6-16-18(11-15)29-24-20(16)21(28)23-17-13-25-9-7-14(17)8-10-25/h5-6,11,14,17,22H,3-4,7-10,12-13H2,1-2H3,(H,23,28)/t17-/m1/s1. The molecule has 156 valence electrons. The summed E-state index contributed by atoms with van der Waals surface area (Å²) in [5.41, 5.74) is 1.37. The van der Waals surface area contributed by atoms with Crippen LogP contribution in [0.3, 0.4) is 0 Å². The zero-order valence-electron chi connectivity index (χ0n) is 17.1.